The van der Waals surface area contributed by atoms with Crippen LogP contribution in [0.25, 0.3) is 11.1 Å². The molecule has 0 saturated carbocycles. The molecule has 0 aromatic heterocycles. The number of hydrogen-bond donors (Lipinski definition) is 0. The summed E-state index contributed by atoms with van der Waals surface area (Å²) >= 11 is 7.56. The Kier molecular flexibility index (Phi) is 6.69. The SMILES string of the molecule is BrCc1ccc2c(c1)Cc1c-2ccc(CBr)c1[P+](c1ccccc1)(c1ccccc1)c1ccccc1. The average molecular weight is 613 g/mol. The van der Waals surface area contributed by atoms with E-state index in [0.29, 0.717) is 0 Å². The van der Waals surface area contributed by atoms with Crippen LogP contribution in [0.5, 0.6) is 0 Å². The smallest absolute Gasteiger partial charge is 0.0876 e. The first-order valence-corrected chi connectivity index (χ1v) is 16.3. The van der Waals surface area contributed by atoms with Crippen LogP contribution in [0.3, 0.4) is 0 Å². The van der Waals surface area contributed by atoms with Gasteiger partial charge in [-0.3, -0.25) is 0 Å². The van der Waals surface area contributed by atoms with Gasteiger partial charge in [0.1, 0.15) is 28.5 Å². The Morgan fingerprint density at radius 1 is 0.556 bits per heavy atom. The molecule has 6 rings (SSSR count). The topological polar surface area (TPSA) is 0 Å². The Labute approximate surface area is 231 Å². The van der Waals surface area contributed by atoms with Crippen molar-refractivity contribution in [3.05, 3.63) is 144 Å². The van der Waals surface area contributed by atoms with E-state index in [2.05, 4.69) is 153 Å². The minimum atomic E-state index is -2.19. The zero-order chi connectivity index (χ0) is 24.5. The van der Waals surface area contributed by atoms with Crippen molar-refractivity contribution in [1.29, 1.82) is 0 Å². The summed E-state index contributed by atoms with van der Waals surface area (Å²) < 4.78 is 0. The fraction of sp³-hybridized carbons (Fsp3) is 0.0909. The van der Waals surface area contributed by atoms with Gasteiger partial charge < -0.3 is 0 Å². The number of halogens is 2. The third kappa shape index (κ3) is 3.82. The first-order chi connectivity index (χ1) is 17.8. The second-order valence-electron chi connectivity index (χ2n) is 9.21. The second kappa shape index (κ2) is 10.1. The number of rotatable bonds is 6. The number of fused-ring (bicyclic) bond motifs is 3. The highest BCUT2D eigenvalue weighted by Gasteiger charge is 2.51. The summed E-state index contributed by atoms with van der Waals surface area (Å²) in [6.07, 6.45) is 0.968. The van der Waals surface area contributed by atoms with E-state index in [1.807, 2.05) is 0 Å². The molecule has 5 aromatic carbocycles. The molecule has 0 saturated heterocycles. The lowest BCUT2D eigenvalue weighted by atomic mass is 10.0. The van der Waals surface area contributed by atoms with E-state index in [4.69, 9.17) is 0 Å². The van der Waals surface area contributed by atoms with Gasteiger partial charge in [-0.25, -0.2) is 0 Å². The van der Waals surface area contributed by atoms with E-state index in [-0.39, 0.29) is 0 Å². The molecule has 0 bridgehead atoms. The van der Waals surface area contributed by atoms with Gasteiger partial charge in [-0.2, -0.15) is 0 Å². The minimum Gasteiger partial charge on any atom is -0.0876 e. The van der Waals surface area contributed by atoms with Gasteiger partial charge in [-0.05, 0) is 58.7 Å². The van der Waals surface area contributed by atoms with Crippen LogP contribution in [-0.2, 0) is 17.1 Å². The predicted octanol–water partition coefficient (Wildman–Crippen LogP) is 7.67. The van der Waals surface area contributed by atoms with Crippen LogP contribution in [0.1, 0.15) is 22.3 Å². The molecule has 0 unspecified atom stereocenters. The normalized spacial score (nSPS) is 12.3. The molecule has 1 aliphatic rings. The lowest BCUT2D eigenvalue weighted by Gasteiger charge is -2.31. The van der Waals surface area contributed by atoms with Crippen LogP contribution < -0.4 is 21.2 Å². The summed E-state index contributed by atoms with van der Waals surface area (Å²) in [4.78, 5) is 0. The molecule has 0 amide bonds. The van der Waals surface area contributed by atoms with E-state index in [9.17, 15) is 0 Å². The van der Waals surface area contributed by atoms with Crippen LogP contribution in [0.15, 0.2) is 121 Å². The second-order valence-corrected chi connectivity index (χ2v) is 13.7. The van der Waals surface area contributed by atoms with Crippen molar-refractivity contribution in [3.63, 3.8) is 0 Å². The molecular formula is C33H26Br2P+. The number of benzene rings is 5. The lowest BCUT2D eigenvalue weighted by molar-refractivity contribution is 1.25. The van der Waals surface area contributed by atoms with Gasteiger partial charge in [0.25, 0.3) is 0 Å². The number of hydrogen-bond acceptors (Lipinski definition) is 0. The molecule has 5 aromatic rings. The molecule has 0 N–H and O–H groups in total. The largest absolute Gasteiger partial charge is 0.144 e. The Balaban J connectivity index is 1.76. The number of alkyl halides is 2. The molecule has 176 valence electrons. The molecule has 0 spiro atoms. The van der Waals surface area contributed by atoms with Crippen LogP contribution in [0.2, 0.25) is 0 Å². The third-order valence-corrected chi connectivity index (χ3v) is 13.0. The molecule has 0 atom stereocenters. The fourth-order valence-corrected chi connectivity index (χ4v) is 11.5. The zero-order valence-corrected chi connectivity index (χ0v) is 23.9. The molecule has 36 heavy (non-hydrogen) atoms. The van der Waals surface area contributed by atoms with Crippen molar-refractivity contribution >= 4 is 60.3 Å². The van der Waals surface area contributed by atoms with Crippen LogP contribution in [0, 0.1) is 0 Å². The van der Waals surface area contributed by atoms with Gasteiger partial charge in [-0.15, -0.1) is 0 Å². The van der Waals surface area contributed by atoms with Gasteiger partial charge in [0, 0.05) is 28.2 Å². The van der Waals surface area contributed by atoms with Crippen LogP contribution >= 0.6 is 39.1 Å². The fourth-order valence-electron chi connectivity index (χ4n) is 5.76. The standard InChI is InChI=1S/C33H26Br2P/c34-22-24-16-18-30-26(20-24)21-32-31(30)19-17-25(23-35)33(32)36(27-10-4-1-5-11-27,28-12-6-2-7-13-28)29-14-8-3-9-15-29/h1-20H,21-23H2/q+1. The molecule has 0 heterocycles. The Morgan fingerprint density at radius 3 is 1.58 bits per heavy atom. The maximum absolute atomic E-state index is 3.90. The van der Waals surface area contributed by atoms with E-state index in [1.54, 1.807) is 0 Å². The molecule has 3 heteroatoms. The molecule has 0 fully saturated rings. The van der Waals surface area contributed by atoms with E-state index in [1.165, 1.54) is 54.6 Å². The van der Waals surface area contributed by atoms with Gasteiger partial charge >= 0.3 is 0 Å². The van der Waals surface area contributed by atoms with Crippen LogP contribution in [-0.4, -0.2) is 0 Å². The maximum atomic E-state index is 3.90. The van der Waals surface area contributed by atoms with Gasteiger partial charge in [0.2, 0.25) is 0 Å². The molecular weight excluding hydrogens is 587 g/mol. The third-order valence-electron chi connectivity index (χ3n) is 7.26. The highest BCUT2D eigenvalue weighted by atomic mass is 79.9. The molecule has 0 radical (unpaired) electrons. The van der Waals surface area contributed by atoms with Gasteiger partial charge in [0.05, 0.1) is 0 Å². The van der Waals surface area contributed by atoms with Gasteiger partial charge in [-0.1, -0.05) is 117 Å². The zero-order valence-electron chi connectivity index (χ0n) is 19.9. The Bertz CT molecular complexity index is 1420. The van der Waals surface area contributed by atoms with Crippen molar-refractivity contribution in [2.75, 3.05) is 0 Å². The van der Waals surface area contributed by atoms with E-state index >= 15 is 0 Å². The summed E-state index contributed by atoms with van der Waals surface area (Å²) in [5, 5.41) is 7.41. The summed E-state index contributed by atoms with van der Waals surface area (Å²) in [7, 11) is -2.19. The predicted molar refractivity (Wildman–Crippen MR) is 165 cm³/mol. The van der Waals surface area contributed by atoms with Crippen LogP contribution in [0.4, 0.5) is 0 Å². The summed E-state index contributed by atoms with van der Waals surface area (Å²) in [6, 6.07) is 45.3. The highest BCUT2D eigenvalue weighted by molar-refractivity contribution is 9.08. The first kappa shape index (κ1) is 23.9. The van der Waals surface area contributed by atoms with Crippen molar-refractivity contribution in [2.45, 2.75) is 17.1 Å². The Hall–Kier alpha value is -2.51. The monoisotopic (exact) mass is 611 g/mol. The highest BCUT2D eigenvalue weighted by Crippen LogP contribution is 2.57. The lowest BCUT2D eigenvalue weighted by Crippen LogP contribution is -2.41. The van der Waals surface area contributed by atoms with Crippen molar-refractivity contribution in [3.8, 4) is 11.1 Å². The summed E-state index contributed by atoms with van der Waals surface area (Å²) in [6.45, 7) is 0. The average Bonchev–Trinajstić information content (AvgIpc) is 3.33. The summed E-state index contributed by atoms with van der Waals surface area (Å²) in [5.74, 6) is 0. The Morgan fingerprint density at radius 2 is 1.08 bits per heavy atom. The minimum absolute atomic E-state index is 0.826. The first-order valence-electron chi connectivity index (χ1n) is 12.2. The maximum Gasteiger partial charge on any atom is 0.144 e. The molecule has 0 nitrogen and oxygen atoms in total. The molecule has 1 aliphatic carbocycles. The van der Waals surface area contributed by atoms with E-state index in [0.717, 1.165) is 17.1 Å². The van der Waals surface area contributed by atoms with Crippen molar-refractivity contribution < 1.29 is 0 Å². The summed E-state index contributed by atoms with van der Waals surface area (Å²) in [5.41, 5.74) is 8.40. The van der Waals surface area contributed by atoms with Crippen molar-refractivity contribution in [1.82, 2.24) is 0 Å². The van der Waals surface area contributed by atoms with E-state index < -0.39 is 7.26 Å². The van der Waals surface area contributed by atoms with Gasteiger partial charge in [0.15, 0.2) is 0 Å². The molecule has 0 aliphatic heterocycles. The quantitative estimate of drug-likeness (QED) is 0.134. The van der Waals surface area contributed by atoms with Crippen molar-refractivity contribution in [2.24, 2.45) is 0 Å².